The Morgan fingerprint density at radius 3 is 2.65 bits per heavy atom. The Kier molecular flexibility index (Phi) is 4.41. The van der Waals surface area contributed by atoms with Gasteiger partial charge in [0.1, 0.15) is 5.69 Å². The van der Waals surface area contributed by atoms with Gasteiger partial charge in [-0.2, -0.15) is 5.10 Å². The summed E-state index contributed by atoms with van der Waals surface area (Å²) in [6, 6.07) is 2.26. The Labute approximate surface area is 136 Å². The Morgan fingerprint density at radius 2 is 2.00 bits per heavy atom. The highest BCUT2D eigenvalue weighted by atomic mass is 16.2. The van der Waals surface area contributed by atoms with Gasteiger partial charge in [-0.3, -0.25) is 14.5 Å². The van der Waals surface area contributed by atoms with Gasteiger partial charge in [-0.15, -0.1) is 0 Å². The SMILES string of the molecule is CC(=O)N1CCC(c2cncc(-c3ccnn3C(C)C)n2)CC1. The van der Waals surface area contributed by atoms with E-state index in [-0.39, 0.29) is 11.9 Å². The van der Waals surface area contributed by atoms with Crippen molar-refractivity contribution < 1.29 is 4.79 Å². The molecule has 6 heteroatoms. The van der Waals surface area contributed by atoms with Crippen LogP contribution in [0.15, 0.2) is 24.7 Å². The minimum Gasteiger partial charge on any atom is -0.343 e. The second kappa shape index (κ2) is 6.48. The van der Waals surface area contributed by atoms with Crippen molar-refractivity contribution in [1.82, 2.24) is 24.6 Å². The van der Waals surface area contributed by atoms with Gasteiger partial charge in [0.15, 0.2) is 0 Å². The minimum atomic E-state index is 0.157. The summed E-state index contributed by atoms with van der Waals surface area (Å²) in [6.07, 6.45) is 7.34. The van der Waals surface area contributed by atoms with Gasteiger partial charge < -0.3 is 4.90 Å². The fraction of sp³-hybridized carbons (Fsp3) is 0.529. The van der Waals surface area contributed by atoms with E-state index >= 15 is 0 Å². The molecule has 3 rings (SSSR count). The van der Waals surface area contributed by atoms with Crippen molar-refractivity contribution in [3.63, 3.8) is 0 Å². The monoisotopic (exact) mass is 313 g/mol. The lowest BCUT2D eigenvalue weighted by molar-refractivity contribution is -0.129. The second-order valence-electron chi connectivity index (χ2n) is 6.36. The number of hydrogen-bond acceptors (Lipinski definition) is 4. The van der Waals surface area contributed by atoms with Crippen LogP contribution < -0.4 is 0 Å². The molecule has 2 aromatic heterocycles. The van der Waals surface area contributed by atoms with Crippen LogP contribution in [0.4, 0.5) is 0 Å². The van der Waals surface area contributed by atoms with Crippen LogP contribution in [-0.2, 0) is 4.79 Å². The van der Waals surface area contributed by atoms with Gasteiger partial charge in [-0.05, 0) is 32.8 Å². The fourth-order valence-electron chi connectivity index (χ4n) is 3.12. The fourth-order valence-corrected chi connectivity index (χ4v) is 3.12. The molecule has 1 fully saturated rings. The van der Waals surface area contributed by atoms with Gasteiger partial charge >= 0.3 is 0 Å². The normalized spacial score (nSPS) is 16.1. The van der Waals surface area contributed by atoms with E-state index in [4.69, 9.17) is 4.98 Å². The summed E-state index contributed by atoms with van der Waals surface area (Å²) in [6.45, 7) is 7.44. The highest BCUT2D eigenvalue weighted by Crippen LogP contribution is 2.28. The number of likely N-dealkylation sites (tertiary alicyclic amines) is 1. The first-order valence-corrected chi connectivity index (χ1v) is 8.17. The smallest absolute Gasteiger partial charge is 0.219 e. The van der Waals surface area contributed by atoms with Gasteiger partial charge in [-0.1, -0.05) is 0 Å². The Bertz CT molecular complexity index is 686. The summed E-state index contributed by atoms with van der Waals surface area (Å²) in [5, 5.41) is 4.37. The van der Waals surface area contributed by atoms with Crippen LogP contribution in [-0.4, -0.2) is 43.6 Å². The highest BCUT2D eigenvalue weighted by molar-refractivity contribution is 5.73. The minimum absolute atomic E-state index is 0.157. The molecule has 1 saturated heterocycles. The number of piperidine rings is 1. The van der Waals surface area contributed by atoms with Crippen molar-refractivity contribution in [2.24, 2.45) is 0 Å². The molecule has 0 aromatic carbocycles. The van der Waals surface area contributed by atoms with E-state index in [1.165, 1.54) is 0 Å². The molecule has 0 saturated carbocycles. The van der Waals surface area contributed by atoms with E-state index in [0.717, 1.165) is 43.0 Å². The first-order chi connectivity index (χ1) is 11.1. The van der Waals surface area contributed by atoms with Crippen LogP contribution in [0.3, 0.4) is 0 Å². The van der Waals surface area contributed by atoms with E-state index in [1.54, 1.807) is 19.3 Å². The summed E-state index contributed by atoms with van der Waals surface area (Å²) in [4.78, 5) is 22.6. The van der Waals surface area contributed by atoms with Gasteiger partial charge in [0.25, 0.3) is 0 Å². The molecular formula is C17H23N5O. The number of carbonyl (C=O) groups is 1. The number of nitrogens with zero attached hydrogens (tertiary/aromatic N) is 5. The molecule has 1 amide bonds. The van der Waals surface area contributed by atoms with E-state index in [2.05, 4.69) is 23.9 Å². The Hall–Kier alpha value is -2.24. The van der Waals surface area contributed by atoms with Crippen LogP contribution >= 0.6 is 0 Å². The molecule has 2 aromatic rings. The van der Waals surface area contributed by atoms with Crippen molar-refractivity contribution in [2.75, 3.05) is 13.1 Å². The number of carbonyl (C=O) groups excluding carboxylic acids is 1. The molecule has 1 aliphatic heterocycles. The first kappa shape index (κ1) is 15.6. The standard InChI is InChI=1S/C17H23N5O/c1-12(2)22-17(4-7-19-22)16-11-18-10-15(20-16)14-5-8-21(9-6-14)13(3)23/h4,7,10-12,14H,5-6,8-9H2,1-3H3. The maximum Gasteiger partial charge on any atom is 0.219 e. The molecule has 0 N–H and O–H groups in total. The zero-order chi connectivity index (χ0) is 16.4. The zero-order valence-electron chi connectivity index (χ0n) is 13.9. The Morgan fingerprint density at radius 1 is 1.26 bits per heavy atom. The van der Waals surface area contributed by atoms with Crippen LogP contribution in [0.2, 0.25) is 0 Å². The van der Waals surface area contributed by atoms with Crippen LogP contribution in [0.5, 0.6) is 0 Å². The van der Waals surface area contributed by atoms with Gasteiger partial charge in [-0.25, -0.2) is 4.98 Å². The maximum atomic E-state index is 11.4. The maximum absolute atomic E-state index is 11.4. The third-order valence-electron chi connectivity index (χ3n) is 4.43. The lowest BCUT2D eigenvalue weighted by Gasteiger charge is -2.30. The van der Waals surface area contributed by atoms with Gasteiger partial charge in [0.05, 0.1) is 17.6 Å². The first-order valence-electron chi connectivity index (χ1n) is 8.17. The highest BCUT2D eigenvalue weighted by Gasteiger charge is 2.23. The molecular weight excluding hydrogens is 290 g/mol. The average Bonchev–Trinajstić information content (AvgIpc) is 3.05. The predicted molar refractivity (Wildman–Crippen MR) is 87.9 cm³/mol. The molecule has 1 aliphatic rings. The molecule has 122 valence electrons. The van der Waals surface area contributed by atoms with Crippen LogP contribution in [0.1, 0.15) is 51.3 Å². The number of aromatic nitrogens is 4. The summed E-state index contributed by atoms with van der Waals surface area (Å²) in [5.74, 6) is 0.526. The number of rotatable bonds is 3. The van der Waals surface area contributed by atoms with Crippen molar-refractivity contribution in [3.8, 4) is 11.4 Å². The third kappa shape index (κ3) is 3.25. The van der Waals surface area contributed by atoms with E-state index in [9.17, 15) is 4.79 Å². The third-order valence-corrected chi connectivity index (χ3v) is 4.43. The molecule has 0 unspecified atom stereocenters. The van der Waals surface area contributed by atoms with Crippen molar-refractivity contribution >= 4 is 5.91 Å². The quantitative estimate of drug-likeness (QED) is 0.874. The molecule has 6 nitrogen and oxygen atoms in total. The summed E-state index contributed by atoms with van der Waals surface area (Å²) >= 11 is 0. The lowest BCUT2D eigenvalue weighted by Crippen LogP contribution is -2.36. The molecule has 23 heavy (non-hydrogen) atoms. The molecule has 0 bridgehead atoms. The van der Waals surface area contributed by atoms with Gasteiger partial charge in [0.2, 0.25) is 5.91 Å². The number of amides is 1. The predicted octanol–water partition coefficient (Wildman–Crippen LogP) is 2.65. The van der Waals surface area contributed by atoms with E-state index in [1.807, 2.05) is 21.8 Å². The largest absolute Gasteiger partial charge is 0.343 e. The molecule has 0 atom stereocenters. The Balaban J connectivity index is 1.81. The molecule has 0 spiro atoms. The van der Waals surface area contributed by atoms with Crippen molar-refractivity contribution in [1.29, 1.82) is 0 Å². The van der Waals surface area contributed by atoms with Crippen molar-refractivity contribution in [2.45, 2.75) is 45.6 Å². The molecule has 0 aliphatic carbocycles. The topological polar surface area (TPSA) is 63.9 Å². The molecule has 0 radical (unpaired) electrons. The average molecular weight is 313 g/mol. The summed E-state index contributed by atoms with van der Waals surface area (Å²) < 4.78 is 1.96. The van der Waals surface area contributed by atoms with Crippen LogP contribution in [0.25, 0.3) is 11.4 Å². The van der Waals surface area contributed by atoms with Crippen molar-refractivity contribution in [3.05, 3.63) is 30.4 Å². The summed E-state index contributed by atoms with van der Waals surface area (Å²) in [7, 11) is 0. The van der Waals surface area contributed by atoms with E-state index in [0.29, 0.717) is 5.92 Å². The lowest BCUT2D eigenvalue weighted by atomic mass is 9.93. The molecule has 3 heterocycles. The van der Waals surface area contributed by atoms with Crippen LogP contribution in [0, 0.1) is 0 Å². The van der Waals surface area contributed by atoms with E-state index < -0.39 is 0 Å². The summed E-state index contributed by atoms with van der Waals surface area (Å²) in [5.41, 5.74) is 2.88. The van der Waals surface area contributed by atoms with Gasteiger partial charge in [0, 0.05) is 44.4 Å². The second-order valence-corrected chi connectivity index (χ2v) is 6.36. The number of hydrogen-bond donors (Lipinski definition) is 0. The zero-order valence-corrected chi connectivity index (χ0v) is 13.9.